The first-order valence-electron chi connectivity index (χ1n) is 5.00. The Hall–Kier alpha value is -1.46. The van der Waals surface area contributed by atoms with E-state index < -0.39 is 0 Å². The van der Waals surface area contributed by atoms with E-state index in [4.69, 9.17) is 16.3 Å². The molecule has 0 fully saturated rings. The van der Waals surface area contributed by atoms with Gasteiger partial charge in [0.05, 0.1) is 9.92 Å². The molecule has 0 aromatic carbocycles. The summed E-state index contributed by atoms with van der Waals surface area (Å²) in [5, 5.41) is 0.597. The van der Waals surface area contributed by atoms with E-state index in [0.717, 1.165) is 4.90 Å². The molecule has 0 radical (unpaired) electrons. The summed E-state index contributed by atoms with van der Waals surface area (Å²) in [4.78, 5) is 9.31. The van der Waals surface area contributed by atoms with Crippen LogP contribution in [0.2, 0.25) is 5.02 Å². The largest absolute Gasteiger partial charge is 0.453 e. The molecule has 1 aliphatic carbocycles. The Morgan fingerprint density at radius 3 is 3.00 bits per heavy atom. The standard InChI is InChI=1S/C11H8ClN3OS/c12-7-5-9-10(13-6-7)14-11(15-17-9)16-8-3-1-2-4-8/h1-6,8H,(H,13,14,15). The number of pyridine rings is 1. The van der Waals surface area contributed by atoms with Gasteiger partial charge in [-0.25, -0.2) is 4.98 Å². The minimum Gasteiger partial charge on any atom is -0.453 e. The third kappa shape index (κ3) is 2.30. The summed E-state index contributed by atoms with van der Waals surface area (Å²) < 4.78 is 8.62. The van der Waals surface area contributed by atoms with Gasteiger partial charge in [0.15, 0.2) is 5.82 Å². The second-order valence-electron chi connectivity index (χ2n) is 3.45. The Balaban J connectivity index is 1.82. The average Bonchev–Trinajstić information content (AvgIpc) is 2.82. The van der Waals surface area contributed by atoms with E-state index in [0.29, 0.717) is 16.9 Å². The number of rotatable bonds is 1. The van der Waals surface area contributed by atoms with Crippen molar-refractivity contribution in [1.29, 1.82) is 0 Å². The van der Waals surface area contributed by atoms with E-state index in [9.17, 15) is 0 Å². The van der Waals surface area contributed by atoms with Gasteiger partial charge in [0, 0.05) is 6.20 Å². The van der Waals surface area contributed by atoms with Gasteiger partial charge in [0.25, 0.3) is 0 Å². The Morgan fingerprint density at radius 1 is 1.35 bits per heavy atom. The molecule has 0 spiro atoms. The van der Waals surface area contributed by atoms with E-state index >= 15 is 0 Å². The van der Waals surface area contributed by atoms with Gasteiger partial charge < -0.3 is 4.74 Å². The Morgan fingerprint density at radius 2 is 2.18 bits per heavy atom. The van der Waals surface area contributed by atoms with Crippen molar-refractivity contribution >= 4 is 35.4 Å². The van der Waals surface area contributed by atoms with Crippen LogP contribution in [0, 0.1) is 0 Å². The van der Waals surface area contributed by atoms with Crippen molar-refractivity contribution < 1.29 is 4.74 Å². The lowest BCUT2D eigenvalue weighted by atomic mass is 10.4. The summed E-state index contributed by atoms with van der Waals surface area (Å²) in [6, 6.07) is 2.27. The number of halogens is 1. The molecule has 17 heavy (non-hydrogen) atoms. The van der Waals surface area contributed by atoms with Crippen molar-refractivity contribution in [3.05, 3.63) is 41.6 Å². The molecule has 1 N–H and O–H groups in total. The van der Waals surface area contributed by atoms with Gasteiger partial charge in [-0.2, -0.15) is 4.99 Å². The Kier molecular flexibility index (Phi) is 2.78. The second kappa shape index (κ2) is 4.43. The summed E-state index contributed by atoms with van der Waals surface area (Å²) in [7, 11) is 0. The minimum atomic E-state index is -0.0595. The van der Waals surface area contributed by atoms with Crippen LogP contribution >= 0.6 is 23.5 Å². The van der Waals surface area contributed by atoms with Gasteiger partial charge in [-0.3, -0.25) is 4.72 Å². The first-order chi connectivity index (χ1) is 8.31. The molecule has 2 aliphatic rings. The number of hydrogen-bond acceptors (Lipinski definition) is 5. The molecule has 86 valence electrons. The SMILES string of the molecule is Clc1cnc2c(c1)SNC(OC1C=CC=C1)=N2. The third-order valence-corrected chi connectivity index (χ3v) is 3.22. The summed E-state index contributed by atoms with van der Waals surface area (Å²) >= 11 is 7.24. The Labute approximate surface area is 108 Å². The van der Waals surface area contributed by atoms with Gasteiger partial charge in [-0.05, 0) is 30.2 Å². The zero-order valence-corrected chi connectivity index (χ0v) is 10.2. The number of nitrogens with zero attached hydrogens (tertiary/aromatic N) is 2. The molecular formula is C11H8ClN3OS. The van der Waals surface area contributed by atoms with Crippen molar-refractivity contribution in [3.63, 3.8) is 0 Å². The quantitative estimate of drug-likeness (QED) is 0.793. The lowest BCUT2D eigenvalue weighted by molar-refractivity contribution is 0.277. The number of nitrogens with one attached hydrogen (secondary N) is 1. The molecule has 0 amide bonds. The number of ether oxygens (including phenoxy) is 1. The topological polar surface area (TPSA) is 46.5 Å². The molecule has 0 atom stereocenters. The molecule has 1 aromatic rings. The van der Waals surface area contributed by atoms with Crippen LogP contribution in [0.15, 0.2) is 46.5 Å². The van der Waals surface area contributed by atoms with Crippen LogP contribution in [-0.2, 0) is 4.74 Å². The van der Waals surface area contributed by atoms with Gasteiger partial charge in [0.1, 0.15) is 6.10 Å². The Bertz CT molecular complexity index is 530. The first-order valence-corrected chi connectivity index (χ1v) is 6.19. The predicted octanol–water partition coefficient (Wildman–Crippen LogP) is 2.84. The number of hydrogen-bond donors (Lipinski definition) is 1. The van der Waals surface area contributed by atoms with Crippen LogP contribution in [0.3, 0.4) is 0 Å². The van der Waals surface area contributed by atoms with Crippen LogP contribution in [0.1, 0.15) is 0 Å². The maximum atomic E-state index is 5.85. The molecule has 6 heteroatoms. The summed E-state index contributed by atoms with van der Waals surface area (Å²) in [5.41, 5.74) is 0. The van der Waals surface area contributed by atoms with Gasteiger partial charge in [-0.15, -0.1) is 0 Å². The molecule has 2 heterocycles. The zero-order valence-electron chi connectivity index (χ0n) is 8.63. The molecule has 0 saturated heterocycles. The van der Waals surface area contributed by atoms with E-state index in [1.165, 1.54) is 11.9 Å². The van der Waals surface area contributed by atoms with Crippen molar-refractivity contribution in [2.75, 3.05) is 0 Å². The van der Waals surface area contributed by atoms with E-state index in [2.05, 4.69) is 14.7 Å². The fraction of sp³-hybridized carbons (Fsp3) is 0.0909. The van der Waals surface area contributed by atoms with Crippen LogP contribution in [0.5, 0.6) is 0 Å². The lowest BCUT2D eigenvalue weighted by Crippen LogP contribution is -2.25. The molecular weight excluding hydrogens is 258 g/mol. The highest BCUT2D eigenvalue weighted by Crippen LogP contribution is 2.31. The predicted molar refractivity (Wildman–Crippen MR) is 68.5 cm³/mol. The highest BCUT2D eigenvalue weighted by molar-refractivity contribution is 7.98. The number of amidine groups is 1. The fourth-order valence-corrected chi connectivity index (χ4v) is 2.35. The molecule has 0 saturated carbocycles. The third-order valence-electron chi connectivity index (χ3n) is 2.22. The lowest BCUT2D eigenvalue weighted by Gasteiger charge is -2.17. The van der Waals surface area contributed by atoms with Crippen LogP contribution in [-0.4, -0.2) is 17.1 Å². The van der Waals surface area contributed by atoms with Gasteiger partial charge in [-0.1, -0.05) is 23.8 Å². The molecule has 0 bridgehead atoms. The number of aliphatic imine (C=N–C) groups is 1. The maximum absolute atomic E-state index is 5.85. The zero-order chi connectivity index (χ0) is 11.7. The first kappa shape index (κ1) is 10.7. The van der Waals surface area contributed by atoms with Crippen molar-refractivity contribution in [1.82, 2.24) is 9.71 Å². The number of aromatic nitrogens is 1. The summed E-state index contributed by atoms with van der Waals surface area (Å²) in [6.45, 7) is 0. The summed E-state index contributed by atoms with van der Waals surface area (Å²) in [5.74, 6) is 0.624. The number of fused-ring (bicyclic) bond motifs is 1. The molecule has 0 unspecified atom stereocenters. The average molecular weight is 266 g/mol. The maximum Gasteiger partial charge on any atom is 0.302 e. The van der Waals surface area contributed by atoms with E-state index in [1.807, 2.05) is 30.4 Å². The van der Waals surface area contributed by atoms with E-state index in [-0.39, 0.29) is 6.10 Å². The van der Waals surface area contributed by atoms with Crippen LogP contribution < -0.4 is 4.72 Å². The minimum absolute atomic E-state index is 0.0595. The monoisotopic (exact) mass is 265 g/mol. The molecule has 1 aromatic heterocycles. The van der Waals surface area contributed by atoms with E-state index in [1.54, 1.807) is 6.20 Å². The highest BCUT2D eigenvalue weighted by atomic mass is 35.5. The van der Waals surface area contributed by atoms with Gasteiger partial charge >= 0.3 is 6.02 Å². The van der Waals surface area contributed by atoms with Crippen molar-refractivity contribution in [2.24, 2.45) is 4.99 Å². The van der Waals surface area contributed by atoms with Crippen molar-refractivity contribution in [3.8, 4) is 0 Å². The summed E-state index contributed by atoms with van der Waals surface area (Å²) in [6.07, 6.45) is 9.28. The number of allylic oxidation sites excluding steroid dienone is 2. The van der Waals surface area contributed by atoms with Gasteiger partial charge in [0.2, 0.25) is 0 Å². The smallest absolute Gasteiger partial charge is 0.302 e. The second-order valence-corrected chi connectivity index (χ2v) is 4.73. The van der Waals surface area contributed by atoms with Crippen molar-refractivity contribution in [2.45, 2.75) is 11.0 Å². The fourth-order valence-electron chi connectivity index (χ4n) is 1.46. The van der Waals surface area contributed by atoms with Crippen LogP contribution in [0.25, 0.3) is 0 Å². The molecule has 1 aliphatic heterocycles. The van der Waals surface area contributed by atoms with Crippen LogP contribution in [0.4, 0.5) is 5.82 Å². The molecule has 4 nitrogen and oxygen atoms in total. The normalized spacial score (nSPS) is 17.6. The highest BCUT2D eigenvalue weighted by Gasteiger charge is 2.17. The molecule has 3 rings (SSSR count).